The molecule has 1 aliphatic rings. The van der Waals surface area contributed by atoms with E-state index in [1.165, 1.54) is 7.11 Å². The summed E-state index contributed by atoms with van der Waals surface area (Å²) in [5, 5.41) is 15.0. The fourth-order valence-corrected chi connectivity index (χ4v) is 12.0. The number of hydrogen-bond donors (Lipinski definition) is 2. The predicted molar refractivity (Wildman–Crippen MR) is 295 cm³/mol. The number of aliphatic hydroxyl groups excluding tert-OH is 1. The summed E-state index contributed by atoms with van der Waals surface area (Å²) in [6.07, 6.45) is 4.32. The molecule has 1 aliphatic heterocycles. The average Bonchev–Trinajstić information content (AvgIpc) is 3.33. The molecule has 2 amide bonds. The van der Waals surface area contributed by atoms with E-state index in [4.69, 9.17) is 29.5 Å². The van der Waals surface area contributed by atoms with Crippen molar-refractivity contribution >= 4 is 45.9 Å². The molecule has 1 atom stereocenters. The van der Waals surface area contributed by atoms with E-state index in [2.05, 4.69) is 127 Å². The van der Waals surface area contributed by atoms with Gasteiger partial charge in [0.05, 0.1) is 18.0 Å². The van der Waals surface area contributed by atoms with Crippen LogP contribution in [0.4, 0.5) is 17.1 Å². The first-order valence-electron chi connectivity index (χ1n) is 26.4. The highest BCUT2D eigenvalue weighted by molar-refractivity contribution is 7.47. The second-order valence-electron chi connectivity index (χ2n) is 19.5. The molecule has 0 bridgehead atoms. The Kier molecular flexibility index (Phi) is 30.8. The topological polar surface area (TPSA) is 144 Å². The van der Waals surface area contributed by atoms with E-state index in [9.17, 15) is 9.59 Å². The Labute approximate surface area is 435 Å². The van der Waals surface area contributed by atoms with Gasteiger partial charge in [-0.3, -0.25) is 9.59 Å². The lowest BCUT2D eigenvalue weighted by atomic mass is 9.81. The molecule has 1 fully saturated rings. The van der Waals surface area contributed by atoms with Crippen LogP contribution >= 0.6 is 17.0 Å². The average molecular weight is 1030 g/mol. The zero-order chi connectivity index (χ0) is 55.1. The third-order valence-electron chi connectivity index (χ3n) is 11.4. The van der Waals surface area contributed by atoms with E-state index in [-0.39, 0.29) is 36.2 Å². The Morgan fingerprint density at radius 2 is 1.21 bits per heavy atom. The number of rotatable bonds is 28. The molecule has 0 saturated carbocycles. The molecule has 71 heavy (non-hydrogen) atoms. The van der Waals surface area contributed by atoms with Crippen LogP contribution < -0.4 is 10.2 Å². The van der Waals surface area contributed by atoms with E-state index < -0.39 is 17.0 Å². The van der Waals surface area contributed by atoms with E-state index in [0.29, 0.717) is 94.4 Å². The first kappa shape index (κ1) is 61.6. The number of nitrogens with zero attached hydrogens (tertiary/aromatic N) is 9. The van der Waals surface area contributed by atoms with Crippen molar-refractivity contribution in [2.24, 2.45) is 15.6 Å². The smallest absolute Gasteiger partial charge is 0.259 e. The summed E-state index contributed by atoms with van der Waals surface area (Å²) >= 11 is 0. The Morgan fingerprint density at radius 3 is 1.65 bits per heavy atom. The first-order valence-corrected chi connectivity index (χ1v) is 27.6. The van der Waals surface area contributed by atoms with Crippen LogP contribution in [0, 0.1) is 18.6 Å². The molecular weight excluding hydrogens is 935 g/mol. The maximum atomic E-state index is 13.0. The second-order valence-corrected chi connectivity index (χ2v) is 22.6. The minimum Gasteiger partial charge on any atom is -0.400 e. The van der Waals surface area contributed by atoms with Gasteiger partial charge < -0.3 is 43.5 Å². The number of likely N-dealkylation sites (tertiary alicyclic amines) is 1. The molecule has 1 saturated heterocycles. The SMILES string of the molecule is [3H]CC1(COP(OCC[N+]#[C-])N(C(C)C)C(C)C)CCN(C(=O)CCCCCNC(=O)c2ccc(N=Nc3ccc(N(C)C)cc3)cc2)CC1.[3H]OC.[C-]#[N+]CCOP(N(C(C)C)C(C)C)N(C(C)C)C(C)C. The molecule has 16 nitrogen and oxygen atoms in total. The number of hydrogen-bond acceptors (Lipinski definition) is 12. The van der Waals surface area contributed by atoms with Crippen molar-refractivity contribution in [3.05, 3.63) is 76.9 Å². The summed E-state index contributed by atoms with van der Waals surface area (Å²) in [4.78, 5) is 36.3. The molecule has 1 unspecified atom stereocenters. The van der Waals surface area contributed by atoms with Crippen LogP contribution in [0.1, 0.15) is 140 Å². The summed E-state index contributed by atoms with van der Waals surface area (Å²) in [5.41, 5.74) is 2.77. The van der Waals surface area contributed by atoms with Gasteiger partial charge in [-0.15, -0.1) is 0 Å². The molecule has 400 valence electrons. The van der Waals surface area contributed by atoms with Gasteiger partial charge in [0, 0.05) is 96.1 Å². The maximum absolute atomic E-state index is 13.0. The monoisotopic (exact) mass is 1030 g/mol. The standard InChI is InChI=1S/C37H56N7O4P.C15H32N3OP.CH4O/c1-29(2)44(30(3)4)49(47-27-24-38-6)48-28-37(5)21-25-43(26-22-37)35(45)12-10-9-11-23-39-36(46)31-13-15-32(16-14-31)40-41-33-17-19-34(20-18-33)42(7)8;1-12(2)17(13(3)4)20(19-11-10-16-9)18(14(5)6)15(7)8;1-2/h13-20,29-30H,9-12,21-28H2,1-5,7-8H3,(H,39,46);12-15H,10-11H2,1-8H3;2H,1H3/i5T;;2T. The van der Waals surface area contributed by atoms with Crippen LogP contribution in [0.3, 0.4) is 0 Å². The zero-order valence-corrected chi connectivity index (χ0v) is 47.8. The van der Waals surface area contributed by atoms with Crippen LogP contribution in [-0.4, -0.2) is 147 Å². The van der Waals surface area contributed by atoms with Gasteiger partial charge in [-0.1, -0.05) is 13.3 Å². The maximum Gasteiger partial charge on any atom is 0.259 e. The Hall–Kier alpha value is -3.66. The lowest BCUT2D eigenvalue weighted by molar-refractivity contribution is -0.133. The molecule has 0 aromatic heterocycles. The normalized spacial score (nSPS) is 14.5. The Balaban J connectivity index is 0.000000966. The van der Waals surface area contributed by atoms with E-state index in [1.54, 1.807) is 24.3 Å². The second kappa shape index (κ2) is 35.5. The van der Waals surface area contributed by atoms with Crippen LogP contribution in [-0.2, 0) is 18.4 Å². The summed E-state index contributed by atoms with van der Waals surface area (Å²) in [5.74, 6) is 0.00880. The highest BCUT2D eigenvalue weighted by atomic mass is 31.2. The largest absolute Gasteiger partial charge is 0.400 e. The number of carbonyl (C=O) groups is 2. The predicted octanol–water partition coefficient (Wildman–Crippen LogP) is 12.4. The number of benzene rings is 2. The van der Waals surface area contributed by atoms with Crippen LogP contribution in [0.25, 0.3) is 9.69 Å². The summed E-state index contributed by atoms with van der Waals surface area (Å²) in [6, 6.07) is 17.0. The van der Waals surface area contributed by atoms with Gasteiger partial charge in [-0.05, 0) is 163 Å². The summed E-state index contributed by atoms with van der Waals surface area (Å²) in [6.45, 7) is 44.2. The summed E-state index contributed by atoms with van der Waals surface area (Å²) in [7, 11) is 3.08. The lowest BCUT2D eigenvalue weighted by Crippen LogP contribution is -2.44. The van der Waals surface area contributed by atoms with Crippen molar-refractivity contribution in [3.8, 4) is 0 Å². The van der Waals surface area contributed by atoms with Crippen molar-refractivity contribution in [1.29, 1.82) is 1.43 Å². The van der Waals surface area contributed by atoms with Crippen LogP contribution in [0.15, 0.2) is 58.8 Å². The quantitative estimate of drug-likeness (QED) is 0.0366. The zero-order valence-electron chi connectivity index (χ0n) is 48.1. The molecule has 18 heteroatoms. The highest BCUT2D eigenvalue weighted by Crippen LogP contribution is 2.51. The fraction of sp³-hybridized carbons (Fsp3) is 0.698. The summed E-state index contributed by atoms with van der Waals surface area (Å²) < 4.78 is 39.7. The molecule has 2 aromatic carbocycles. The molecule has 2 N–H and O–H groups in total. The fourth-order valence-electron chi connectivity index (χ4n) is 7.93. The molecule has 1 heterocycles. The number of piperidine rings is 1. The number of carbonyl (C=O) groups excluding carboxylic acids is 2. The van der Waals surface area contributed by atoms with Gasteiger partial charge >= 0.3 is 0 Å². The minimum atomic E-state index is -1.35. The lowest BCUT2D eigenvalue weighted by Gasteiger charge is -2.45. The van der Waals surface area contributed by atoms with Gasteiger partial charge in [0.25, 0.3) is 14.4 Å². The number of unbranched alkanes of at least 4 members (excludes halogenated alkanes) is 2. The molecule has 0 radical (unpaired) electrons. The van der Waals surface area contributed by atoms with Gasteiger partial charge in [0.1, 0.15) is 13.2 Å². The Morgan fingerprint density at radius 1 is 0.746 bits per heavy atom. The van der Waals surface area contributed by atoms with Gasteiger partial charge in [-0.25, -0.2) is 27.2 Å². The minimum absolute atomic E-state index is 0.136. The third-order valence-corrected chi connectivity index (χ3v) is 16.5. The van der Waals surface area contributed by atoms with E-state index in [1.807, 2.05) is 48.2 Å². The Bertz CT molecular complexity index is 1880. The first-order chi connectivity index (χ1) is 34.6. The van der Waals surface area contributed by atoms with Gasteiger partial charge in [0.15, 0.2) is 8.45 Å². The van der Waals surface area contributed by atoms with Crippen molar-refractivity contribution < 1.29 is 29.6 Å². The number of azo groups is 1. The number of anilines is 1. The van der Waals surface area contributed by atoms with Crippen LogP contribution in [0.5, 0.6) is 0 Å². The number of amides is 2. The van der Waals surface area contributed by atoms with Crippen molar-refractivity contribution in [2.45, 2.75) is 165 Å². The number of nitrogens with one attached hydrogen (secondary N) is 1. The molecule has 2 aromatic rings. The molecule has 3 rings (SSSR count). The third kappa shape index (κ3) is 24.3. The molecule has 0 aliphatic carbocycles. The van der Waals surface area contributed by atoms with Crippen LogP contribution in [0.2, 0.25) is 0 Å². The highest BCUT2D eigenvalue weighted by Gasteiger charge is 2.36. The van der Waals surface area contributed by atoms with Crippen molar-refractivity contribution in [2.75, 3.05) is 78.6 Å². The van der Waals surface area contributed by atoms with Gasteiger partial charge in [0.2, 0.25) is 20.4 Å². The van der Waals surface area contributed by atoms with E-state index in [0.717, 1.165) is 43.5 Å². The van der Waals surface area contributed by atoms with E-state index >= 15 is 0 Å². The molecular formula is C53H92N10O6P2. The number of aliphatic hydroxyl groups is 1. The van der Waals surface area contributed by atoms with Crippen molar-refractivity contribution in [3.63, 3.8) is 0 Å². The van der Waals surface area contributed by atoms with Gasteiger partial charge in [-0.2, -0.15) is 10.2 Å². The molecule has 0 spiro atoms. The van der Waals surface area contributed by atoms with Crippen molar-refractivity contribution in [1.82, 2.24) is 24.2 Å².